The minimum Gasteiger partial charge on any atom is -0.497 e. The molecule has 0 aliphatic heterocycles. The maximum Gasteiger partial charge on any atom is 0.152 e. The molecule has 0 aliphatic carbocycles. The van der Waals surface area contributed by atoms with Crippen molar-refractivity contribution in [1.82, 2.24) is 9.97 Å². The van der Waals surface area contributed by atoms with Crippen molar-refractivity contribution in [3.63, 3.8) is 0 Å². The van der Waals surface area contributed by atoms with Crippen LogP contribution in [-0.4, -0.2) is 31.2 Å². The highest BCUT2D eigenvalue weighted by Gasteiger charge is 2.13. The summed E-state index contributed by atoms with van der Waals surface area (Å²) < 4.78 is 6.05. The third-order valence-electron chi connectivity index (χ3n) is 2.77. The molecular weight excluding hydrogens is 308 g/mol. The van der Waals surface area contributed by atoms with Gasteiger partial charge >= 0.3 is 0 Å². The molecule has 0 aliphatic rings. The van der Waals surface area contributed by atoms with E-state index in [9.17, 15) is 0 Å². The monoisotopic (exact) mass is 322 g/mol. The largest absolute Gasteiger partial charge is 0.497 e. The number of rotatable bonds is 4. The first-order valence-corrected chi connectivity index (χ1v) is 6.52. The van der Waals surface area contributed by atoms with Crippen LogP contribution in [0.5, 0.6) is 5.75 Å². The van der Waals surface area contributed by atoms with Crippen LogP contribution in [0, 0.1) is 0 Å². The van der Waals surface area contributed by atoms with E-state index in [2.05, 4.69) is 31.2 Å². The molecule has 1 aromatic carbocycles. The first kappa shape index (κ1) is 13.6. The van der Waals surface area contributed by atoms with Gasteiger partial charge in [0.1, 0.15) is 22.4 Å². The third-order valence-corrected chi connectivity index (χ3v) is 3.50. The van der Waals surface area contributed by atoms with E-state index in [-0.39, 0.29) is 0 Å². The van der Waals surface area contributed by atoms with Gasteiger partial charge in [-0.05, 0) is 28.1 Å². The zero-order valence-corrected chi connectivity index (χ0v) is 12.6. The first-order chi connectivity index (χ1) is 9.17. The lowest BCUT2D eigenvalue weighted by Crippen LogP contribution is -2.13. The molecule has 5 nitrogen and oxygen atoms in total. The molecule has 100 valence electrons. The van der Waals surface area contributed by atoms with Crippen LogP contribution in [0.2, 0.25) is 0 Å². The number of hydrogen-bond acceptors (Lipinski definition) is 5. The second kappa shape index (κ2) is 5.88. The van der Waals surface area contributed by atoms with Crippen molar-refractivity contribution in [2.24, 2.45) is 0 Å². The molecule has 19 heavy (non-hydrogen) atoms. The van der Waals surface area contributed by atoms with Crippen LogP contribution in [0.15, 0.2) is 35.1 Å². The zero-order chi connectivity index (χ0) is 13.8. The first-order valence-electron chi connectivity index (χ1n) is 5.73. The molecule has 6 heteroatoms. The summed E-state index contributed by atoms with van der Waals surface area (Å²) in [5.41, 5.74) is 0.987. The van der Waals surface area contributed by atoms with E-state index >= 15 is 0 Å². The normalized spacial score (nSPS) is 10.1. The Labute approximate surface area is 120 Å². The molecule has 0 saturated heterocycles. The number of aromatic nitrogens is 2. The molecule has 1 N–H and O–H groups in total. The number of halogens is 1. The van der Waals surface area contributed by atoms with Gasteiger partial charge < -0.3 is 15.0 Å². The van der Waals surface area contributed by atoms with Gasteiger partial charge in [0, 0.05) is 25.8 Å². The van der Waals surface area contributed by atoms with E-state index in [1.54, 1.807) is 7.11 Å². The topological polar surface area (TPSA) is 50.3 Å². The van der Waals surface area contributed by atoms with Gasteiger partial charge in [-0.25, -0.2) is 9.97 Å². The standard InChI is InChI=1S/C13H15BrN4O/c1-15-12-11(14)13(17-8-16-12)18(2)9-5-4-6-10(7-9)19-3/h4-8H,1-3H3,(H,15,16,17). The molecule has 0 bridgehead atoms. The number of nitrogens with zero attached hydrogens (tertiary/aromatic N) is 3. The Hall–Kier alpha value is -1.82. The van der Waals surface area contributed by atoms with Gasteiger partial charge in [-0.3, -0.25) is 0 Å². The molecule has 0 saturated carbocycles. The van der Waals surface area contributed by atoms with Gasteiger partial charge in [0.25, 0.3) is 0 Å². The Kier molecular flexibility index (Phi) is 4.21. The van der Waals surface area contributed by atoms with E-state index in [1.807, 2.05) is 43.3 Å². The summed E-state index contributed by atoms with van der Waals surface area (Å²) >= 11 is 3.51. The van der Waals surface area contributed by atoms with E-state index in [0.29, 0.717) is 0 Å². The Bertz CT molecular complexity index is 576. The SMILES string of the molecule is CNc1ncnc(N(C)c2cccc(OC)c2)c1Br. The molecule has 0 spiro atoms. The second-order valence-electron chi connectivity index (χ2n) is 3.87. The maximum absolute atomic E-state index is 5.23. The van der Waals surface area contributed by atoms with Crippen LogP contribution >= 0.6 is 15.9 Å². The zero-order valence-electron chi connectivity index (χ0n) is 11.0. The fourth-order valence-corrected chi connectivity index (χ4v) is 2.38. The summed E-state index contributed by atoms with van der Waals surface area (Å²) in [6.07, 6.45) is 1.53. The van der Waals surface area contributed by atoms with E-state index in [1.165, 1.54) is 6.33 Å². The lowest BCUT2D eigenvalue weighted by Gasteiger charge is -2.20. The van der Waals surface area contributed by atoms with Crippen molar-refractivity contribution in [1.29, 1.82) is 0 Å². The fourth-order valence-electron chi connectivity index (χ4n) is 1.71. The third kappa shape index (κ3) is 2.78. The average Bonchev–Trinajstić information content (AvgIpc) is 2.47. The summed E-state index contributed by atoms with van der Waals surface area (Å²) in [5.74, 6) is 2.34. The molecule has 0 unspecified atom stereocenters. The molecule has 2 rings (SSSR count). The number of hydrogen-bond donors (Lipinski definition) is 1. The van der Waals surface area contributed by atoms with Crippen molar-refractivity contribution >= 4 is 33.3 Å². The van der Waals surface area contributed by atoms with E-state index < -0.39 is 0 Å². The summed E-state index contributed by atoms with van der Waals surface area (Å²) in [6, 6.07) is 7.80. The van der Waals surface area contributed by atoms with Crippen molar-refractivity contribution in [3.8, 4) is 5.75 Å². The van der Waals surface area contributed by atoms with Gasteiger partial charge in [0.05, 0.1) is 7.11 Å². The molecule has 0 atom stereocenters. The fraction of sp³-hybridized carbons (Fsp3) is 0.231. The van der Waals surface area contributed by atoms with Crippen molar-refractivity contribution in [3.05, 3.63) is 35.1 Å². The second-order valence-corrected chi connectivity index (χ2v) is 4.66. The Morgan fingerprint density at radius 1 is 1.32 bits per heavy atom. The van der Waals surface area contributed by atoms with Crippen LogP contribution in [0.1, 0.15) is 0 Å². The molecule has 0 amide bonds. The quantitative estimate of drug-likeness (QED) is 0.937. The lowest BCUT2D eigenvalue weighted by atomic mass is 10.3. The van der Waals surface area contributed by atoms with Gasteiger partial charge in [-0.15, -0.1) is 0 Å². The van der Waals surface area contributed by atoms with E-state index in [0.717, 1.165) is 27.5 Å². The Morgan fingerprint density at radius 2 is 2.11 bits per heavy atom. The molecule has 2 aromatic rings. The number of methoxy groups -OCH3 is 1. The summed E-state index contributed by atoms with van der Waals surface area (Å²) in [4.78, 5) is 10.4. The number of nitrogens with one attached hydrogen (secondary N) is 1. The number of ether oxygens (including phenoxy) is 1. The summed E-state index contributed by atoms with van der Waals surface area (Å²) in [7, 11) is 5.42. The van der Waals surface area contributed by atoms with Crippen LogP contribution in [-0.2, 0) is 0 Å². The minimum atomic E-state index is 0.750. The predicted molar refractivity (Wildman–Crippen MR) is 80.3 cm³/mol. The highest BCUT2D eigenvalue weighted by molar-refractivity contribution is 9.10. The summed E-state index contributed by atoms with van der Waals surface area (Å²) in [5, 5.41) is 3.02. The van der Waals surface area contributed by atoms with Gasteiger partial charge in [-0.1, -0.05) is 6.07 Å². The Morgan fingerprint density at radius 3 is 2.79 bits per heavy atom. The van der Waals surface area contributed by atoms with Crippen molar-refractivity contribution in [2.75, 3.05) is 31.4 Å². The average molecular weight is 323 g/mol. The lowest BCUT2D eigenvalue weighted by molar-refractivity contribution is 0.415. The van der Waals surface area contributed by atoms with Gasteiger partial charge in [0.2, 0.25) is 0 Å². The van der Waals surface area contributed by atoms with Crippen LogP contribution < -0.4 is 15.0 Å². The highest BCUT2D eigenvalue weighted by atomic mass is 79.9. The minimum absolute atomic E-state index is 0.750. The highest BCUT2D eigenvalue weighted by Crippen LogP contribution is 2.33. The molecular formula is C13H15BrN4O. The van der Waals surface area contributed by atoms with Crippen LogP contribution in [0.4, 0.5) is 17.3 Å². The number of benzene rings is 1. The van der Waals surface area contributed by atoms with Gasteiger partial charge in [0.15, 0.2) is 5.82 Å². The smallest absolute Gasteiger partial charge is 0.152 e. The van der Waals surface area contributed by atoms with Crippen LogP contribution in [0.25, 0.3) is 0 Å². The Balaban J connectivity index is 2.40. The predicted octanol–water partition coefficient (Wildman–Crippen LogP) is 3.06. The van der Waals surface area contributed by atoms with Gasteiger partial charge in [-0.2, -0.15) is 0 Å². The summed E-state index contributed by atoms with van der Waals surface area (Å²) in [6.45, 7) is 0. The maximum atomic E-state index is 5.23. The van der Waals surface area contributed by atoms with Crippen LogP contribution in [0.3, 0.4) is 0 Å². The number of anilines is 3. The molecule has 1 heterocycles. The van der Waals surface area contributed by atoms with E-state index in [4.69, 9.17) is 4.74 Å². The molecule has 0 radical (unpaired) electrons. The van der Waals surface area contributed by atoms with Crippen molar-refractivity contribution < 1.29 is 4.74 Å². The van der Waals surface area contributed by atoms with Crippen molar-refractivity contribution in [2.45, 2.75) is 0 Å². The molecule has 1 aromatic heterocycles. The molecule has 0 fully saturated rings.